The summed E-state index contributed by atoms with van der Waals surface area (Å²) in [5, 5.41) is 1.57. The van der Waals surface area contributed by atoms with Crippen LogP contribution in [0.4, 0.5) is 0 Å². The molecule has 0 radical (unpaired) electrons. The van der Waals surface area contributed by atoms with Crippen molar-refractivity contribution in [1.82, 2.24) is 4.98 Å². The normalized spacial score (nSPS) is 15.1. The fourth-order valence-electron chi connectivity index (χ4n) is 3.71. The maximum atomic E-state index is 12.0. The van der Waals surface area contributed by atoms with E-state index in [1.54, 1.807) is 12.1 Å². The maximum absolute atomic E-state index is 12.0. The Morgan fingerprint density at radius 3 is 2.58 bits per heavy atom. The van der Waals surface area contributed by atoms with Crippen molar-refractivity contribution in [2.45, 2.75) is 58.1 Å². The number of carbonyl (C=O) groups excluding carboxylic acids is 2. The number of unbranched alkanes of at least 4 members (excludes halogenated alkanes) is 4. The molecule has 0 fully saturated rings. The topological polar surface area (TPSA) is 87.1 Å². The lowest BCUT2D eigenvalue weighted by atomic mass is 10.1. The molecule has 1 aliphatic heterocycles. The Morgan fingerprint density at radius 2 is 1.81 bits per heavy atom. The smallest absolute Gasteiger partial charge is 0.331 e. The van der Waals surface area contributed by atoms with Gasteiger partial charge in [0.25, 0.3) is 0 Å². The van der Waals surface area contributed by atoms with Gasteiger partial charge >= 0.3 is 11.9 Å². The number of fused-ring (bicyclic) bond motifs is 1. The zero-order valence-electron chi connectivity index (χ0n) is 20.5. The summed E-state index contributed by atoms with van der Waals surface area (Å²) < 4.78 is 17.2. The molecule has 0 spiro atoms. The van der Waals surface area contributed by atoms with Crippen LogP contribution < -0.4 is 9.47 Å². The third kappa shape index (κ3) is 7.07. The molecule has 0 unspecified atom stereocenters. The van der Waals surface area contributed by atoms with Gasteiger partial charge in [0.05, 0.1) is 17.3 Å². The van der Waals surface area contributed by atoms with E-state index >= 15 is 0 Å². The molecule has 0 N–H and O–H groups in total. The number of carbonyl (C=O) groups is 2. The van der Waals surface area contributed by atoms with Crippen molar-refractivity contribution < 1.29 is 23.8 Å². The van der Waals surface area contributed by atoms with Crippen molar-refractivity contribution in [1.29, 1.82) is 0 Å². The van der Waals surface area contributed by atoms with Crippen molar-refractivity contribution >= 4 is 50.3 Å². The molecule has 2 aromatic carbocycles. The predicted molar refractivity (Wildman–Crippen MR) is 144 cm³/mol. The summed E-state index contributed by atoms with van der Waals surface area (Å²) in [5.41, 5.74) is 1.84. The number of aliphatic imine (C=N–C) groups is 1. The largest absolute Gasteiger partial charge is 0.489 e. The highest BCUT2D eigenvalue weighted by molar-refractivity contribution is 8.15. The van der Waals surface area contributed by atoms with E-state index in [1.165, 1.54) is 49.5 Å². The summed E-state index contributed by atoms with van der Waals surface area (Å²) in [5.74, 6) is 1.36. The third-order valence-corrected chi connectivity index (χ3v) is 7.92. The van der Waals surface area contributed by atoms with Crippen LogP contribution in [-0.4, -0.2) is 40.9 Å². The van der Waals surface area contributed by atoms with E-state index in [2.05, 4.69) is 16.9 Å². The third-order valence-electron chi connectivity index (χ3n) is 5.71. The number of aromatic nitrogens is 1. The van der Waals surface area contributed by atoms with Crippen LogP contribution in [-0.2, 0) is 20.9 Å². The summed E-state index contributed by atoms with van der Waals surface area (Å²) in [6.45, 7) is 2.57. The fourth-order valence-corrected chi connectivity index (χ4v) is 5.79. The first kappa shape index (κ1) is 26.2. The molecule has 0 aliphatic carbocycles. The number of nitrogens with zero attached hydrogens (tertiary/aromatic N) is 2. The molecule has 1 aromatic heterocycles. The lowest BCUT2D eigenvalue weighted by Crippen LogP contribution is -2.19. The number of ether oxygens (including phenoxy) is 3. The van der Waals surface area contributed by atoms with Gasteiger partial charge in [0.1, 0.15) is 28.2 Å². The molecule has 0 amide bonds. The van der Waals surface area contributed by atoms with Gasteiger partial charge in [-0.25, -0.2) is 9.78 Å². The van der Waals surface area contributed by atoms with Crippen molar-refractivity contribution in [2.75, 3.05) is 12.9 Å². The van der Waals surface area contributed by atoms with Crippen LogP contribution in [0.1, 0.15) is 56.0 Å². The number of rotatable bonds is 12. The highest BCUT2D eigenvalue weighted by atomic mass is 32.2. The summed E-state index contributed by atoms with van der Waals surface area (Å²) in [4.78, 5) is 32.9. The first-order chi connectivity index (χ1) is 17.6. The molecular weight excluding hydrogens is 496 g/mol. The van der Waals surface area contributed by atoms with E-state index in [0.717, 1.165) is 44.4 Å². The van der Waals surface area contributed by atoms with Crippen LogP contribution in [0.25, 0.3) is 10.2 Å². The van der Waals surface area contributed by atoms with Crippen molar-refractivity contribution in [3.8, 4) is 11.5 Å². The van der Waals surface area contributed by atoms with Gasteiger partial charge in [-0.15, -0.1) is 23.1 Å². The number of thioether (sulfide) groups is 1. The summed E-state index contributed by atoms with van der Waals surface area (Å²) >= 11 is 3.04. The van der Waals surface area contributed by atoms with E-state index in [1.807, 2.05) is 30.3 Å². The highest BCUT2D eigenvalue weighted by Crippen LogP contribution is 2.32. The second-order valence-corrected chi connectivity index (χ2v) is 10.5. The van der Waals surface area contributed by atoms with Crippen molar-refractivity contribution in [3.05, 3.63) is 53.0 Å². The molecule has 3 aromatic rings. The minimum Gasteiger partial charge on any atom is -0.489 e. The Hall–Kier alpha value is -2.91. The summed E-state index contributed by atoms with van der Waals surface area (Å²) in [7, 11) is 1.38. The molecule has 2 heterocycles. The van der Waals surface area contributed by atoms with E-state index in [4.69, 9.17) is 14.2 Å². The molecule has 0 saturated heterocycles. The average molecular weight is 527 g/mol. The minimum atomic E-state index is -0.466. The van der Waals surface area contributed by atoms with Crippen LogP contribution in [0.5, 0.6) is 11.5 Å². The van der Waals surface area contributed by atoms with Crippen LogP contribution >= 0.6 is 23.1 Å². The van der Waals surface area contributed by atoms with Gasteiger partial charge in [-0.2, -0.15) is 0 Å². The van der Waals surface area contributed by atoms with Gasteiger partial charge in [0, 0.05) is 12.2 Å². The average Bonchev–Trinajstić information content (AvgIpc) is 3.55. The lowest BCUT2D eigenvalue weighted by Gasteiger charge is -2.08. The Kier molecular flexibility index (Phi) is 9.35. The predicted octanol–water partition coefficient (Wildman–Crippen LogP) is 6.18. The molecule has 9 heteroatoms. The minimum absolute atomic E-state index is 0.185. The second kappa shape index (κ2) is 12.9. The number of hydrogen-bond acceptors (Lipinski definition) is 9. The maximum Gasteiger partial charge on any atom is 0.331 e. The molecule has 1 aliphatic rings. The number of thiazole rings is 1. The van der Waals surface area contributed by atoms with E-state index in [0.29, 0.717) is 24.5 Å². The first-order valence-corrected chi connectivity index (χ1v) is 14.0. The monoisotopic (exact) mass is 526 g/mol. The van der Waals surface area contributed by atoms with Gasteiger partial charge in [-0.1, -0.05) is 44.7 Å². The lowest BCUT2D eigenvalue weighted by molar-refractivity contribution is -0.141. The number of benzene rings is 2. The van der Waals surface area contributed by atoms with Crippen molar-refractivity contribution in [2.24, 2.45) is 4.99 Å². The van der Waals surface area contributed by atoms with Gasteiger partial charge in [0.15, 0.2) is 6.04 Å². The Bertz CT molecular complexity index is 1220. The zero-order chi connectivity index (χ0) is 25.3. The number of esters is 2. The van der Waals surface area contributed by atoms with E-state index in [9.17, 15) is 9.59 Å². The Balaban J connectivity index is 1.29. The van der Waals surface area contributed by atoms with E-state index in [-0.39, 0.29) is 11.9 Å². The van der Waals surface area contributed by atoms with Gasteiger partial charge in [0.2, 0.25) is 0 Å². The molecule has 36 heavy (non-hydrogen) atoms. The standard InChI is InChI=1S/C27H30N2O5S2/c1-3-4-5-6-7-8-24(30)34-19-11-9-18(10-12-19)16-33-20-13-14-21-23(15-20)36-26(28-21)25-29-22(17-35-25)27(31)32-2/h9-15,22H,3-8,16-17H2,1-2H3/t22-/m1/s1. The summed E-state index contributed by atoms with van der Waals surface area (Å²) in [6, 6.07) is 12.7. The number of hydrogen-bond donors (Lipinski definition) is 0. The molecule has 0 bridgehead atoms. The van der Waals surface area contributed by atoms with Crippen molar-refractivity contribution in [3.63, 3.8) is 0 Å². The SMILES string of the molecule is CCCCCCCC(=O)Oc1ccc(COc2ccc3nc(C4=N[C@@H](C(=O)OC)CS4)sc3c2)cc1. The molecule has 7 nitrogen and oxygen atoms in total. The summed E-state index contributed by atoms with van der Waals surface area (Å²) in [6.07, 6.45) is 5.96. The van der Waals surface area contributed by atoms with Gasteiger partial charge < -0.3 is 14.2 Å². The quantitative estimate of drug-likeness (QED) is 0.158. The highest BCUT2D eigenvalue weighted by Gasteiger charge is 2.28. The van der Waals surface area contributed by atoms with Crippen LogP contribution in [0, 0.1) is 0 Å². The fraction of sp³-hybridized carbons (Fsp3) is 0.407. The number of methoxy groups -OCH3 is 1. The van der Waals surface area contributed by atoms with Crippen LogP contribution in [0.3, 0.4) is 0 Å². The zero-order valence-corrected chi connectivity index (χ0v) is 22.2. The molecular formula is C27H30N2O5S2. The first-order valence-electron chi connectivity index (χ1n) is 12.2. The molecule has 190 valence electrons. The Morgan fingerprint density at radius 1 is 1.03 bits per heavy atom. The molecule has 0 saturated carbocycles. The Labute approximate surface area is 219 Å². The van der Waals surface area contributed by atoms with Gasteiger partial charge in [-0.3, -0.25) is 9.79 Å². The molecule has 1 atom stereocenters. The van der Waals surface area contributed by atoms with Crippen LogP contribution in [0.2, 0.25) is 0 Å². The van der Waals surface area contributed by atoms with Gasteiger partial charge in [-0.05, 0) is 42.3 Å². The molecule has 4 rings (SSSR count). The van der Waals surface area contributed by atoms with Crippen LogP contribution in [0.15, 0.2) is 47.5 Å². The second-order valence-electron chi connectivity index (χ2n) is 8.50. The van der Waals surface area contributed by atoms with E-state index < -0.39 is 6.04 Å².